The van der Waals surface area contributed by atoms with Crippen LogP contribution in [0.15, 0.2) is 0 Å². The lowest BCUT2D eigenvalue weighted by Crippen LogP contribution is -2.48. The van der Waals surface area contributed by atoms with Gasteiger partial charge in [-0.05, 0) is 26.2 Å². The molecule has 6 heteroatoms. The zero-order valence-electron chi connectivity index (χ0n) is 10.8. The molecule has 1 aliphatic heterocycles. The first-order valence-corrected chi connectivity index (χ1v) is 8.42. The molecule has 1 saturated carbocycles. The summed E-state index contributed by atoms with van der Waals surface area (Å²) in [4.78, 5) is 2.18. The fourth-order valence-corrected chi connectivity index (χ4v) is 4.00. The molecule has 1 N–H and O–H groups in total. The molecule has 0 spiro atoms. The maximum Gasteiger partial charge on any atom is 0.153 e. The first kappa shape index (κ1) is 13.8. The van der Waals surface area contributed by atoms with Crippen LogP contribution >= 0.6 is 0 Å². The predicted octanol–water partition coefficient (Wildman–Crippen LogP) is 0.140. The maximum absolute atomic E-state index is 11.5. The number of nitrogens with one attached hydrogen (secondary N) is 1. The fraction of sp³-hybridized carbons (Fsp3) is 0.917. The van der Waals surface area contributed by atoms with Gasteiger partial charge in [-0.25, -0.2) is 8.42 Å². The topological polar surface area (TPSA) is 73.2 Å². The Labute approximate surface area is 109 Å². The zero-order valence-corrected chi connectivity index (χ0v) is 11.6. The van der Waals surface area contributed by atoms with Crippen molar-refractivity contribution in [2.75, 3.05) is 24.6 Å². The Kier molecular flexibility index (Phi) is 4.25. The van der Waals surface area contributed by atoms with E-state index >= 15 is 0 Å². The quantitative estimate of drug-likeness (QED) is 0.770. The molecule has 5 nitrogen and oxygen atoms in total. The largest absolute Gasteiger partial charge is 0.299 e. The molecule has 2 atom stereocenters. The van der Waals surface area contributed by atoms with E-state index in [4.69, 9.17) is 5.26 Å². The molecule has 0 aromatic heterocycles. The number of hydrogen-bond donors (Lipinski definition) is 1. The Hall–Kier alpha value is -0.640. The van der Waals surface area contributed by atoms with E-state index < -0.39 is 9.84 Å². The van der Waals surface area contributed by atoms with E-state index in [1.165, 1.54) is 12.8 Å². The van der Waals surface area contributed by atoms with Crippen LogP contribution in [-0.4, -0.2) is 56.0 Å². The van der Waals surface area contributed by atoms with Crippen molar-refractivity contribution in [2.45, 2.75) is 44.3 Å². The number of nitriles is 1. The number of rotatable bonds is 5. The molecule has 0 aromatic carbocycles. The van der Waals surface area contributed by atoms with Gasteiger partial charge in [-0.3, -0.25) is 10.2 Å². The van der Waals surface area contributed by atoms with Crippen molar-refractivity contribution >= 4 is 9.84 Å². The summed E-state index contributed by atoms with van der Waals surface area (Å²) in [7, 11) is -2.84. The van der Waals surface area contributed by atoms with E-state index in [1.54, 1.807) is 0 Å². The van der Waals surface area contributed by atoms with Crippen LogP contribution in [0, 0.1) is 11.3 Å². The molecule has 0 amide bonds. The first-order chi connectivity index (χ1) is 8.50. The summed E-state index contributed by atoms with van der Waals surface area (Å²) in [6.45, 7) is 3.35. The van der Waals surface area contributed by atoms with Crippen molar-refractivity contribution in [2.24, 2.45) is 0 Å². The highest BCUT2D eigenvalue weighted by Gasteiger charge is 2.29. The van der Waals surface area contributed by atoms with Gasteiger partial charge >= 0.3 is 0 Å². The number of nitrogens with zero attached hydrogens (tertiary/aromatic N) is 2. The monoisotopic (exact) mass is 271 g/mol. The molecule has 1 heterocycles. The third-order valence-corrected chi connectivity index (χ3v) is 5.48. The molecule has 18 heavy (non-hydrogen) atoms. The second-order valence-corrected chi connectivity index (χ2v) is 7.64. The van der Waals surface area contributed by atoms with Gasteiger partial charge in [0.25, 0.3) is 0 Å². The lowest BCUT2D eigenvalue weighted by molar-refractivity contribution is 0.219. The van der Waals surface area contributed by atoms with E-state index in [-0.39, 0.29) is 23.6 Å². The minimum Gasteiger partial charge on any atom is -0.299 e. The molecular formula is C12H21N3O2S. The summed E-state index contributed by atoms with van der Waals surface area (Å²) in [5, 5.41) is 12.4. The normalized spacial score (nSPS) is 29.7. The minimum absolute atomic E-state index is 0.0732. The van der Waals surface area contributed by atoms with Crippen molar-refractivity contribution in [3.63, 3.8) is 0 Å². The van der Waals surface area contributed by atoms with Crippen molar-refractivity contribution in [3.05, 3.63) is 0 Å². The van der Waals surface area contributed by atoms with Crippen molar-refractivity contribution in [1.29, 1.82) is 5.26 Å². The van der Waals surface area contributed by atoms with Crippen LogP contribution < -0.4 is 5.32 Å². The first-order valence-electron chi connectivity index (χ1n) is 6.60. The molecule has 102 valence electrons. The van der Waals surface area contributed by atoms with Gasteiger partial charge in [0.05, 0.1) is 23.6 Å². The number of sulfone groups is 1. The SMILES string of the molecule is CC1CS(=O)(=O)CCN1CCC(C#N)NC1CC1. The summed E-state index contributed by atoms with van der Waals surface area (Å²) in [6.07, 6.45) is 3.13. The van der Waals surface area contributed by atoms with Gasteiger partial charge in [-0.1, -0.05) is 0 Å². The fourth-order valence-electron chi connectivity index (χ4n) is 2.38. The summed E-state index contributed by atoms with van der Waals surface area (Å²) < 4.78 is 22.9. The van der Waals surface area contributed by atoms with Gasteiger partial charge in [-0.15, -0.1) is 0 Å². The Morgan fingerprint density at radius 2 is 2.22 bits per heavy atom. The standard InChI is InChI=1S/C12H21N3O2S/c1-10-9-18(16,17)7-6-15(10)5-4-12(8-13)14-11-2-3-11/h10-12,14H,2-7,9H2,1H3. The van der Waals surface area contributed by atoms with Gasteiger partial charge in [-0.2, -0.15) is 5.26 Å². The van der Waals surface area contributed by atoms with Gasteiger partial charge in [0.2, 0.25) is 0 Å². The molecular weight excluding hydrogens is 250 g/mol. The summed E-state index contributed by atoms with van der Waals surface area (Å²) in [5.41, 5.74) is 0. The second kappa shape index (κ2) is 5.55. The lowest BCUT2D eigenvalue weighted by Gasteiger charge is -2.33. The highest BCUT2D eigenvalue weighted by molar-refractivity contribution is 7.91. The third-order valence-electron chi connectivity index (χ3n) is 3.68. The van der Waals surface area contributed by atoms with Crippen LogP contribution in [0.25, 0.3) is 0 Å². The van der Waals surface area contributed by atoms with Crippen molar-refractivity contribution in [1.82, 2.24) is 10.2 Å². The van der Waals surface area contributed by atoms with Gasteiger partial charge in [0.15, 0.2) is 9.84 Å². The van der Waals surface area contributed by atoms with Gasteiger partial charge in [0.1, 0.15) is 0 Å². The molecule has 0 radical (unpaired) electrons. The summed E-state index contributed by atoms with van der Waals surface area (Å²) in [5.74, 6) is 0.505. The molecule has 0 bridgehead atoms. The van der Waals surface area contributed by atoms with E-state index in [0.717, 1.165) is 13.0 Å². The van der Waals surface area contributed by atoms with E-state index in [0.29, 0.717) is 12.6 Å². The van der Waals surface area contributed by atoms with E-state index in [1.807, 2.05) is 6.92 Å². The van der Waals surface area contributed by atoms with Crippen LogP contribution in [0.5, 0.6) is 0 Å². The van der Waals surface area contributed by atoms with E-state index in [9.17, 15) is 8.42 Å². The minimum atomic E-state index is -2.84. The Balaban J connectivity index is 1.77. The summed E-state index contributed by atoms with van der Waals surface area (Å²) >= 11 is 0. The molecule has 0 aromatic rings. The average molecular weight is 271 g/mol. The number of hydrogen-bond acceptors (Lipinski definition) is 5. The second-order valence-electron chi connectivity index (χ2n) is 5.41. The Morgan fingerprint density at radius 3 is 2.78 bits per heavy atom. The van der Waals surface area contributed by atoms with Crippen LogP contribution in [0.2, 0.25) is 0 Å². The van der Waals surface area contributed by atoms with Crippen LogP contribution in [-0.2, 0) is 9.84 Å². The third kappa shape index (κ3) is 3.94. The van der Waals surface area contributed by atoms with Crippen LogP contribution in [0.1, 0.15) is 26.2 Å². The van der Waals surface area contributed by atoms with Crippen LogP contribution in [0.4, 0.5) is 0 Å². The molecule has 2 aliphatic rings. The Morgan fingerprint density at radius 1 is 1.50 bits per heavy atom. The molecule has 1 saturated heterocycles. The van der Waals surface area contributed by atoms with Gasteiger partial charge < -0.3 is 0 Å². The highest BCUT2D eigenvalue weighted by Crippen LogP contribution is 2.20. The predicted molar refractivity (Wildman–Crippen MR) is 69.9 cm³/mol. The molecule has 2 rings (SSSR count). The molecule has 2 unspecified atom stereocenters. The molecule has 1 aliphatic carbocycles. The van der Waals surface area contributed by atoms with Crippen molar-refractivity contribution in [3.8, 4) is 6.07 Å². The van der Waals surface area contributed by atoms with Crippen molar-refractivity contribution < 1.29 is 8.42 Å². The lowest BCUT2D eigenvalue weighted by atomic mass is 10.2. The maximum atomic E-state index is 11.5. The Bertz CT molecular complexity index is 425. The smallest absolute Gasteiger partial charge is 0.153 e. The average Bonchev–Trinajstić information content (AvgIpc) is 3.09. The highest BCUT2D eigenvalue weighted by atomic mass is 32.2. The molecule has 2 fully saturated rings. The van der Waals surface area contributed by atoms with Crippen LogP contribution in [0.3, 0.4) is 0 Å². The summed E-state index contributed by atoms with van der Waals surface area (Å²) in [6, 6.07) is 2.80. The zero-order chi connectivity index (χ0) is 13.2. The van der Waals surface area contributed by atoms with E-state index in [2.05, 4.69) is 16.3 Å². The van der Waals surface area contributed by atoms with Gasteiger partial charge in [0, 0.05) is 25.2 Å².